The van der Waals surface area contributed by atoms with E-state index in [0.29, 0.717) is 17.6 Å². The minimum atomic E-state index is -0.268. The first kappa shape index (κ1) is 16.1. The summed E-state index contributed by atoms with van der Waals surface area (Å²) in [5, 5.41) is 7.80. The van der Waals surface area contributed by atoms with Crippen molar-refractivity contribution in [3.8, 4) is 0 Å². The molecule has 2 N–H and O–H groups in total. The topological polar surface area (TPSA) is 49.8 Å². The third-order valence-corrected chi connectivity index (χ3v) is 7.00. The molecule has 1 saturated heterocycles. The van der Waals surface area contributed by atoms with E-state index in [2.05, 4.69) is 33.6 Å². The summed E-state index contributed by atoms with van der Waals surface area (Å²) >= 11 is 3.18. The number of anilines is 2. The molecular weight excluding hydrogens is 367 g/mol. The van der Waals surface area contributed by atoms with Crippen LogP contribution in [-0.2, 0) is 0 Å². The molecule has 4 aromatic rings. The second-order valence-corrected chi connectivity index (χ2v) is 8.59. The van der Waals surface area contributed by atoms with Gasteiger partial charge in [-0.2, -0.15) is 0 Å². The Morgan fingerprint density at radius 3 is 3.00 bits per heavy atom. The first-order chi connectivity index (χ1) is 12.7. The van der Waals surface area contributed by atoms with Crippen LogP contribution >= 0.6 is 22.7 Å². The number of nitrogens with one attached hydrogen (secondary N) is 2. The predicted octanol–water partition coefficient (Wildman–Crippen LogP) is 5.25. The van der Waals surface area contributed by atoms with Crippen LogP contribution < -0.4 is 10.6 Å². The summed E-state index contributed by atoms with van der Waals surface area (Å²) in [6.07, 6.45) is 2.92. The summed E-state index contributed by atoms with van der Waals surface area (Å²) in [5.74, 6) is 0.251. The number of halogens is 1. The van der Waals surface area contributed by atoms with E-state index in [1.807, 2.05) is 6.07 Å². The van der Waals surface area contributed by atoms with Crippen molar-refractivity contribution >= 4 is 54.5 Å². The van der Waals surface area contributed by atoms with Gasteiger partial charge in [0.05, 0.1) is 27.1 Å². The van der Waals surface area contributed by atoms with E-state index in [4.69, 9.17) is 0 Å². The van der Waals surface area contributed by atoms with E-state index in [1.165, 1.54) is 16.2 Å². The molecule has 3 aromatic heterocycles. The number of fused-ring (bicyclic) bond motifs is 2. The normalized spacial score (nSPS) is 20.2. The number of thiazole rings is 1. The van der Waals surface area contributed by atoms with Gasteiger partial charge in [-0.1, -0.05) is 0 Å². The van der Waals surface area contributed by atoms with Gasteiger partial charge in [-0.3, -0.25) is 0 Å². The van der Waals surface area contributed by atoms with Gasteiger partial charge in [0.1, 0.15) is 10.6 Å². The van der Waals surface area contributed by atoms with Gasteiger partial charge in [0, 0.05) is 28.4 Å². The number of hydrogen-bond donors (Lipinski definition) is 2. The highest BCUT2D eigenvalue weighted by Gasteiger charge is 2.26. The van der Waals surface area contributed by atoms with Gasteiger partial charge >= 0.3 is 0 Å². The minimum Gasteiger partial charge on any atom is -0.352 e. The van der Waals surface area contributed by atoms with Crippen molar-refractivity contribution in [2.45, 2.75) is 25.3 Å². The largest absolute Gasteiger partial charge is 0.352 e. The number of pyridine rings is 1. The van der Waals surface area contributed by atoms with Crippen LogP contribution in [0.2, 0.25) is 0 Å². The van der Waals surface area contributed by atoms with Gasteiger partial charge in [0.2, 0.25) is 0 Å². The fraction of sp³-hybridized carbons (Fsp3) is 0.263. The molecule has 0 bridgehead atoms. The van der Waals surface area contributed by atoms with Crippen molar-refractivity contribution < 1.29 is 4.39 Å². The molecule has 0 aliphatic carbocycles. The molecule has 2 atom stereocenters. The maximum Gasteiger partial charge on any atom is 0.148 e. The summed E-state index contributed by atoms with van der Waals surface area (Å²) in [6.45, 7) is 3.28. The Labute approximate surface area is 158 Å². The quantitative estimate of drug-likeness (QED) is 0.506. The van der Waals surface area contributed by atoms with Crippen LogP contribution in [0.25, 0.3) is 20.4 Å². The zero-order chi connectivity index (χ0) is 17.7. The van der Waals surface area contributed by atoms with Crippen molar-refractivity contribution in [3.05, 3.63) is 46.7 Å². The van der Waals surface area contributed by atoms with E-state index in [1.54, 1.807) is 35.2 Å². The van der Waals surface area contributed by atoms with E-state index in [-0.39, 0.29) is 5.82 Å². The molecule has 0 saturated carbocycles. The third-order valence-electron chi connectivity index (χ3n) is 5.03. The molecule has 132 valence electrons. The number of hydrogen-bond acceptors (Lipinski definition) is 6. The highest BCUT2D eigenvalue weighted by molar-refractivity contribution is 7.18. The Balaban J connectivity index is 1.55. The molecule has 1 aliphatic rings. The van der Waals surface area contributed by atoms with Crippen molar-refractivity contribution in [2.24, 2.45) is 0 Å². The molecular formula is C19H17FN4S2. The van der Waals surface area contributed by atoms with Crippen LogP contribution in [0.15, 0.2) is 36.0 Å². The standard InChI is InChI=1S/C19H17FN4S2/c1-10-11(2-4-21-10)17-6-12-14(3-5-22-19(12)26-17)24-15-8-16-18(7-13(15)20)25-9-23-16/h3,5-11,21H,2,4H2,1H3,(H,22,24). The van der Waals surface area contributed by atoms with Gasteiger partial charge in [-0.15, -0.1) is 22.7 Å². The van der Waals surface area contributed by atoms with Crippen LogP contribution in [0.4, 0.5) is 15.8 Å². The van der Waals surface area contributed by atoms with E-state index in [0.717, 1.165) is 39.1 Å². The van der Waals surface area contributed by atoms with Gasteiger partial charge < -0.3 is 10.6 Å². The lowest BCUT2D eigenvalue weighted by Crippen LogP contribution is -2.20. The smallest absolute Gasteiger partial charge is 0.148 e. The molecule has 7 heteroatoms. The van der Waals surface area contributed by atoms with Crippen LogP contribution in [-0.4, -0.2) is 22.6 Å². The molecule has 4 heterocycles. The highest BCUT2D eigenvalue weighted by atomic mass is 32.1. The second-order valence-electron chi connectivity index (χ2n) is 6.64. The van der Waals surface area contributed by atoms with Crippen LogP contribution in [0.3, 0.4) is 0 Å². The summed E-state index contributed by atoms with van der Waals surface area (Å²) in [7, 11) is 0. The molecule has 26 heavy (non-hydrogen) atoms. The van der Waals surface area contributed by atoms with Gasteiger partial charge in [-0.25, -0.2) is 14.4 Å². The summed E-state index contributed by atoms with van der Waals surface area (Å²) in [6, 6.07) is 7.90. The number of rotatable bonds is 3. The van der Waals surface area contributed by atoms with Crippen LogP contribution in [0.1, 0.15) is 24.1 Å². The summed E-state index contributed by atoms with van der Waals surface area (Å²) < 4.78 is 15.3. The maximum absolute atomic E-state index is 14.5. The Morgan fingerprint density at radius 2 is 2.15 bits per heavy atom. The molecule has 0 amide bonds. The lowest BCUT2D eigenvalue weighted by Gasteiger charge is -2.12. The van der Waals surface area contributed by atoms with Gasteiger partial charge in [-0.05, 0) is 44.2 Å². The van der Waals surface area contributed by atoms with E-state index < -0.39 is 0 Å². The summed E-state index contributed by atoms with van der Waals surface area (Å²) in [4.78, 5) is 11.1. The minimum absolute atomic E-state index is 0.268. The lowest BCUT2D eigenvalue weighted by molar-refractivity contribution is 0.602. The molecule has 2 unspecified atom stereocenters. The second kappa shape index (κ2) is 6.26. The molecule has 0 spiro atoms. The van der Waals surface area contributed by atoms with Gasteiger partial charge in [0.15, 0.2) is 0 Å². The van der Waals surface area contributed by atoms with Crippen LogP contribution in [0.5, 0.6) is 0 Å². The monoisotopic (exact) mass is 384 g/mol. The van der Waals surface area contributed by atoms with E-state index >= 15 is 0 Å². The molecule has 1 fully saturated rings. The summed E-state index contributed by atoms with van der Waals surface area (Å²) in [5.41, 5.74) is 3.87. The number of thiophene rings is 1. The van der Waals surface area contributed by atoms with Gasteiger partial charge in [0.25, 0.3) is 0 Å². The number of benzene rings is 1. The fourth-order valence-electron chi connectivity index (χ4n) is 3.62. The SMILES string of the molecule is CC1NCCC1c1cc2c(Nc3cc4ncsc4cc3F)ccnc2s1. The Bertz CT molecular complexity index is 1100. The first-order valence-corrected chi connectivity index (χ1v) is 10.3. The lowest BCUT2D eigenvalue weighted by atomic mass is 10.00. The average Bonchev–Trinajstić information content (AvgIpc) is 3.34. The molecule has 4 nitrogen and oxygen atoms in total. The maximum atomic E-state index is 14.5. The number of aromatic nitrogens is 2. The Morgan fingerprint density at radius 1 is 1.23 bits per heavy atom. The number of nitrogens with zero attached hydrogens (tertiary/aromatic N) is 2. The molecule has 1 aliphatic heterocycles. The van der Waals surface area contributed by atoms with Crippen LogP contribution in [0, 0.1) is 5.82 Å². The fourth-order valence-corrected chi connectivity index (χ4v) is 5.57. The van der Waals surface area contributed by atoms with Crippen molar-refractivity contribution in [3.63, 3.8) is 0 Å². The Hall–Kier alpha value is -2.09. The predicted molar refractivity (Wildman–Crippen MR) is 107 cm³/mol. The molecule has 5 rings (SSSR count). The van der Waals surface area contributed by atoms with E-state index in [9.17, 15) is 4.39 Å². The highest BCUT2D eigenvalue weighted by Crippen LogP contribution is 2.39. The van der Waals surface area contributed by atoms with Crippen molar-refractivity contribution in [1.29, 1.82) is 0 Å². The zero-order valence-corrected chi connectivity index (χ0v) is 15.8. The third kappa shape index (κ3) is 2.67. The van der Waals surface area contributed by atoms with Crippen molar-refractivity contribution in [1.82, 2.24) is 15.3 Å². The molecule has 1 aromatic carbocycles. The molecule has 0 radical (unpaired) electrons. The van der Waals surface area contributed by atoms with Crippen molar-refractivity contribution in [2.75, 3.05) is 11.9 Å². The Kier molecular flexibility index (Phi) is 3.88. The first-order valence-electron chi connectivity index (χ1n) is 8.60. The average molecular weight is 385 g/mol. The zero-order valence-electron chi connectivity index (χ0n) is 14.1.